The minimum Gasteiger partial charge on any atom is -0.652 e. The molecule has 0 saturated carbocycles. The number of rotatable bonds is 0. The van der Waals surface area contributed by atoms with Crippen molar-refractivity contribution in [3.8, 4) is 0 Å². The van der Waals surface area contributed by atoms with E-state index in [2.05, 4.69) is 0 Å². The summed E-state index contributed by atoms with van der Waals surface area (Å²) in [4.78, 5) is 8.33. The fourth-order valence-corrected chi connectivity index (χ4v) is 0. The van der Waals surface area contributed by atoms with Crippen LogP contribution >= 0.6 is 0 Å². The van der Waals surface area contributed by atoms with Crippen molar-refractivity contribution < 1.29 is 62.9 Å². The Hall–Kier alpha value is 0.827. The molecule has 0 amide bonds. The fourth-order valence-electron chi connectivity index (χ4n) is 0. The van der Waals surface area contributed by atoms with Crippen LogP contribution in [0.4, 0.5) is 4.79 Å². The van der Waals surface area contributed by atoms with Gasteiger partial charge in [0.05, 0.1) is 0 Å². The summed E-state index contributed by atoms with van der Waals surface area (Å²) in [6.45, 7) is 0. The SMILES string of the molecule is N.O=C([O-])[O-].[Ti+4].[Zr+4]. The summed E-state index contributed by atoms with van der Waals surface area (Å²) < 4.78 is 0. The molecule has 0 aliphatic carbocycles. The number of hydrogen-bond acceptors (Lipinski definition) is 4. The summed E-state index contributed by atoms with van der Waals surface area (Å²) in [5, 5.41) is 16.7. The summed E-state index contributed by atoms with van der Waals surface area (Å²) in [6.07, 6.45) is -2.33. The minimum absolute atomic E-state index is 0. The van der Waals surface area contributed by atoms with E-state index in [9.17, 15) is 0 Å². The summed E-state index contributed by atoms with van der Waals surface area (Å²) in [7, 11) is 0. The molecule has 4 nitrogen and oxygen atoms in total. The Kier molecular flexibility index (Phi) is 56.3. The van der Waals surface area contributed by atoms with Crippen LogP contribution in [-0.4, -0.2) is 6.16 Å². The normalized spacial score (nSPS) is 3.43. The number of hydrogen-bond donors (Lipinski definition) is 1. The van der Waals surface area contributed by atoms with E-state index < -0.39 is 6.16 Å². The van der Waals surface area contributed by atoms with Gasteiger partial charge in [-0.3, -0.25) is 0 Å². The molecule has 0 atom stereocenters. The van der Waals surface area contributed by atoms with Gasteiger partial charge in [0.25, 0.3) is 0 Å². The van der Waals surface area contributed by atoms with E-state index in [1.807, 2.05) is 0 Å². The Bertz CT molecular complexity index is 37.9. The van der Waals surface area contributed by atoms with E-state index in [-0.39, 0.29) is 54.1 Å². The van der Waals surface area contributed by atoms with Crippen molar-refractivity contribution in [1.29, 1.82) is 0 Å². The maximum absolute atomic E-state index is 8.33. The van der Waals surface area contributed by atoms with E-state index in [4.69, 9.17) is 15.0 Å². The second-order valence-electron chi connectivity index (χ2n) is 0.250. The average molecular weight is 216 g/mol. The molecule has 0 rings (SSSR count). The third-order valence-corrected chi connectivity index (χ3v) is 0. The fraction of sp³-hybridized carbons (Fsp3) is 0. The van der Waals surface area contributed by atoms with Gasteiger partial charge >= 0.3 is 47.9 Å². The van der Waals surface area contributed by atoms with Crippen molar-refractivity contribution in [3.05, 3.63) is 0 Å². The van der Waals surface area contributed by atoms with E-state index >= 15 is 0 Å². The molecule has 0 aromatic carbocycles. The van der Waals surface area contributed by atoms with Crippen LogP contribution in [0.2, 0.25) is 0 Å². The van der Waals surface area contributed by atoms with Gasteiger partial charge in [0.1, 0.15) is 0 Å². The van der Waals surface area contributed by atoms with Crippen LogP contribution in [0.3, 0.4) is 0 Å². The number of carboxylic acid groups (broad SMARTS) is 2. The summed E-state index contributed by atoms with van der Waals surface area (Å²) in [6, 6.07) is 0. The first kappa shape index (κ1) is 24.9. The Labute approximate surface area is 74.9 Å². The van der Waals surface area contributed by atoms with Crippen LogP contribution in [0.1, 0.15) is 0 Å². The van der Waals surface area contributed by atoms with Crippen molar-refractivity contribution in [2.75, 3.05) is 0 Å². The molecule has 32 valence electrons. The van der Waals surface area contributed by atoms with Gasteiger partial charge in [-0.05, 0) is 6.16 Å². The number of carbonyl (C=O) groups is 1. The van der Waals surface area contributed by atoms with E-state index in [1.165, 1.54) is 0 Å². The molecule has 0 fully saturated rings. The molecule has 6 heteroatoms. The van der Waals surface area contributed by atoms with Crippen molar-refractivity contribution in [2.24, 2.45) is 0 Å². The van der Waals surface area contributed by atoms with Gasteiger partial charge in [0.15, 0.2) is 0 Å². The predicted octanol–water partition coefficient (Wildman–Crippen LogP) is -2.29. The Morgan fingerprint density at radius 1 is 1.29 bits per heavy atom. The van der Waals surface area contributed by atoms with Gasteiger partial charge in [-0.15, -0.1) is 0 Å². The van der Waals surface area contributed by atoms with Gasteiger partial charge in [-0.1, -0.05) is 0 Å². The molecular weight excluding hydrogens is 213 g/mol. The van der Waals surface area contributed by atoms with Crippen molar-refractivity contribution in [1.82, 2.24) is 6.15 Å². The first-order valence-electron chi connectivity index (χ1n) is 0.612. The maximum atomic E-state index is 8.33. The van der Waals surface area contributed by atoms with Crippen LogP contribution in [0, 0.1) is 0 Å². The Morgan fingerprint density at radius 3 is 1.29 bits per heavy atom. The zero-order chi connectivity index (χ0) is 3.58. The predicted molar refractivity (Wildman–Crippen MR) is 10.4 cm³/mol. The first-order chi connectivity index (χ1) is 1.73. The van der Waals surface area contributed by atoms with Crippen molar-refractivity contribution in [2.45, 2.75) is 0 Å². The summed E-state index contributed by atoms with van der Waals surface area (Å²) >= 11 is 0. The number of carbonyl (C=O) groups excluding carboxylic acids is 1. The molecule has 0 radical (unpaired) electrons. The Morgan fingerprint density at radius 2 is 1.29 bits per heavy atom. The molecule has 0 unspecified atom stereocenters. The monoisotopic (exact) mass is 215 g/mol. The van der Waals surface area contributed by atoms with Gasteiger partial charge in [-0.25, -0.2) is 0 Å². The van der Waals surface area contributed by atoms with Crippen LogP contribution < -0.4 is 16.4 Å². The van der Waals surface area contributed by atoms with E-state index in [0.717, 1.165) is 0 Å². The van der Waals surface area contributed by atoms with Gasteiger partial charge in [-0.2, -0.15) is 0 Å². The van der Waals surface area contributed by atoms with Crippen LogP contribution in [-0.2, 0) is 47.9 Å². The molecule has 0 spiro atoms. The zero-order valence-corrected chi connectivity index (χ0v) is 7.45. The molecule has 0 bridgehead atoms. The van der Waals surface area contributed by atoms with E-state index in [1.54, 1.807) is 0 Å². The molecule has 3 N–H and O–H groups in total. The van der Waals surface area contributed by atoms with E-state index in [0.29, 0.717) is 0 Å². The first-order valence-corrected chi connectivity index (χ1v) is 0.612. The van der Waals surface area contributed by atoms with Crippen molar-refractivity contribution in [3.63, 3.8) is 0 Å². The quantitative estimate of drug-likeness (QED) is 0.461. The Balaban J connectivity index is -0.0000000150. The third-order valence-electron chi connectivity index (χ3n) is 0. The largest absolute Gasteiger partial charge is 4.00 e. The molecule has 0 aliphatic heterocycles. The molecule has 0 aliphatic rings. The molecule has 7 heavy (non-hydrogen) atoms. The molecule has 0 aromatic rings. The minimum atomic E-state index is -2.33. The second-order valence-corrected chi connectivity index (χ2v) is 0.250. The summed E-state index contributed by atoms with van der Waals surface area (Å²) in [5.41, 5.74) is 0. The average Bonchev–Trinajstić information content (AvgIpc) is 0.811. The zero-order valence-electron chi connectivity index (χ0n) is 3.43. The second kappa shape index (κ2) is 15.8. The molecule has 0 heterocycles. The molecule has 0 saturated heterocycles. The molecular formula is CH3NO3TiZr+6. The van der Waals surface area contributed by atoms with Crippen LogP contribution in [0.25, 0.3) is 0 Å². The third kappa shape index (κ3) is 232. The summed E-state index contributed by atoms with van der Waals surface area (Å²) in [5.74, 6) is 0. The topological polar surface area (TPSA) is 98.2 Å². The van der Waals surface area contributed by atoms with Gasteiger partial charge in [0.2, 0.25) is 0 Å². The van der Waals surface area contributed by atoms with Crippen LogP contribution in [0.15, 0.2) is 0 Å². The standard InChI is InChI=1S/CH2O3.H3N.Ti.Zr/c2-1(3)4;;;/h(H2,2,3,4);1H3;;/q;;2*+4/p-2. The van der Waals surface area contributed by atoms with Gasteiger partial charge < -0.3 is 21.2 Å². The van der Waals surface area contributed by atoms with Crippen molar-refractivity contribution >= 4 is 6.16 Å². The smallest absolute Gasteiger partial charge is 0.652 e. The molecule has 0 aromatic heterocycles. The van der Waals surface area contributed by atoms with Crippen LogP contribution in [0.5, 0.6) is 0 Å². The maximum Gasteiger partial charge on any atom is 4.00 e. The van der Waals surface area contributed by atoms with Gasteiger partial charge in [0, 0.05) is 0 Å².